The Morgan fingerprint density at radius 3 is 2.36 bits per heavy atom. The zero-order chi connectivity index (χ0) is 17.9. The average Bonchev–Trinajstić information content (AvgIpc) is 2.62. The first-order valence-electron chi connectivity index (χ1n) is 9.24. The molecule has 1 aliphatic heterocycles. The van der Waals surface area contributed by atoms with Gasteiger partial charge in [0.2, 0.25) is 10.0 Å². The molecule has 2 fully saturated rings. The largest absolute Gasteiger partial charge is 0.301 e. The molecule has 25 heavy (non-hydrogen) atoms. The third-order valence-corrected chi connectivity index (χ3v) is 7.24. The number of hydrogen-bond donors (Lipinski definition) is 1. The summed E-state index contributed by atoms with van der Waals surface area (Å²) in [5, 5.41) is 0.545. The molecule has 0 radical (unpaired) electrons. The van der Waals surface area contributed by atoms with Crippen molar-refractivity contribution >= 4 is 21.6 Å². The highest BCUT2D eigenvalue weighted by atomic mass is 35.5. The summed E-state index contributed by atoms with van der Waals surface area (Å²) in [6.07, 6.45) is 4.24. The molecule has 140 valence electrons. The Morgan fingerprint density at radius 2 is 1.72 bits per heavy atom. The number of nitrogens with zero attached hydrogens (tertiary/aromatic N) is 2. The summed E-state index contributed by atoms with van der Waals surface area (Å²) >= 11 is 5.88. The van der Waals surface area contributed by atoms with Crippen molar-refractivity contribution in [1.82, 2.24) is 14.5 Å². The molecule has 1 N–H and O–H groups in total. The lowest BCUT2D eigenvalue weighted by molar-refractivity contribution is 0.0685. The fourth-order valence-electron chi connectivity index (χ4n) is 3.98. The van der Waals surface area contributed by atoms with Crippen LogP contribution in [-0.2, 0) is 10.0 Å². The number of hydrogen-bond acceptors (Lipinski definition) is 4. The Bertz CT molecular complexity index is 657. The predicted molar refractivity (Wildman–Crippen MR) is 102 cm³/mol. The SMILES string of the molecule is CCN1CCN([C@H]2CCCC[C@H]2NS(=O)(=O)c2ccc(Cl)cc2)CC1. The van der Waals surface area contributed by atoms with E-state index in [0.29, 0.717) is 11.1 Å². The van der Waals surface area contributed by atoms with Crippen LogP contribution in [-0.4, -0.2) is 63.0 Å². The molecule has 0 amide bonds. The van der Waals surface area contributed by atoms with Crippen LogP contribution < -0.4 is 4.72 Å². The predicted octanol–water partition coefficient (Wildman–Crippen LogP) is 2.57. The van der Waals surface area contributed by atoms with Crippen molar-refractivity contribution in [3.63, 3.8) is 0 Å². The monoisotopic (exact) mass is 385 g/mol. The van der Waals surface area contributed by atoms with Crippen LogP contribution in [0.2, 0.25) is 5.02 Å². The van der Waals surface area contributed by atoms with E-state index in [0.717, 1.165) is 52.0 Å². The molecule has 1 saturated carbocycles. The van der Waals surface area contributed by atoms with Gasteiger partial charge in [0, 0.05) is 43.3 Å². The van der Waals surface area contributed by atoms with Crippen LogP contribution >= 0.6 is 11.6 Å². The maximum Gasteiger partial charge on any atom is 0.240 e. The minimum Gasteiger partial charge on any atom is -0.301 e. The highest BCUT2D eigenvalue weighted by molar-refractivity contribution is 7.89. The van der Waals surface area contributed by atoms with E-state index >= 15 is 0 Å². The van der Waals surface area contributed by atoms with Crippen molar-refractivity contribution in [2.45, 2.75) is 49.6 Å². The number of piperazine rings is 1. The van der Waals surface area contributed by atoms with Crippen LogP contribution in [0.25, 0.3) is 0 Å². The Kier molecular flexibility index (Phi) is 6.39. The van der Waals surface area contributed by atoms with Gasteiger partial charge in [-0.3, -0.25) is 4.90 Å². The van der Waals surface area contributed by atoms with Crippen LogP contribution in [0.3, 0.4) is 0 Å². The maximum absolute atomic E-state index is 12.8. The Balaban J connectivity index is 1.69. The van der Waals surface area contributed by atoms with E-state index in [9.17, 15) is 8.42 Å². The summed E-state index contributed by atoms with van der Waals surface area (Å²) in [7, 11) is -3.51. The maximum atomic E-state index is 12.8. The average molecular weight is 386 g/mol. The lowest BCUT2D eigenvalue weighted by Gasteiger charge is -2.44. The summed E-state index contributed by atoms with van der Waals surface area (Å²) in [4.78, 5) is 5.23. The van der Waals surface area contributed by atoms with E-state index in [1.165, 1.54) is 6.42 Å². The van der Waals surface area contributed by atoms with Gasteiger partial charge in [0.05, 0.1) is 4.90 Å². The molecular formula is C18H28ClN3O2S. The van der Waals surface area contributed by atoms with E-state index in [4.69, 9.17) is 11.6 Å². The van der Waals surface area contributed by atoms with Crippen LogP contribution in [0.4, 0.5) is 0 Å². The van der Waals surface area contributed by atoms with Gasteiger partial charge in [-0.15, -0.1) is 0 Å². The molecule has 1 heterocycles. The summed E-state index contributed by atoms with van der Waals surface area (Å²) in [5.41, 5.74) is 0. The van der Waals surface area contributed by atoms with Crippen LogP contribution in [0.1, 0.15) is 32.6 Å². The topological polar surface area (TPSA) is 52.6 Å². The molecule has 0 aromatic heterocycles. The first-order valence-corrected chi connectivity index (χ1v) is 11.1. The third-order valence-electron chi connectivity index (χ3n) is 5.48. The molecule has 0 bridgehead atoms. The van der Waals surface area contributed by atoms with E-state index < -0.39 is 10.0 Å². The molecule has 0 unspecified atom stereocenters. The van der Waals surface area contributed by atoms with E-state index in [1.54, 1.807) is 24.3 Å². The minimum absolute atomic E-state index is 0.0115. The standard InChI is InChI=1S/C18H28ClN3O2S/c1-2-21-11-13-22(14-12-21)18-6-4-3-5-17(18)20-25(23,24)16-9-7-15(19)8-10-16/h7-10,17-18,20H,2-6,11-14H2,1H3/t17-,18+/m1/s1. The molecule has 0 spiro atoms. The van der Waals surface area contributed by atoms with Crippen molar-refractivity contribution in [3.8, 4) is 0 Å². The van der Waals surface area contributed by atoms with Gasteiger partial charge in [-0.25, -0.2) is 13.1 Å². The lowest BCUT2D eigenvalue weighted by atomic mass is 9.89. The number of sulfonamides is 1. The second kappa shape index (κ2) is 8.35. The quantitative estimate of drug-likeness (QED) is 0.846. The number of likely N-dealkylation sites (N-methyl/N-ethyl adjacent to an activating group) is 1. The number of halogens is 1. The van der Waals surface area contributed by atoms with Crippen molar-refractivity contribution in [2.24, 2.45) is 0 Å². The highest BCUT2D eigenvalue weighted by Crippen LogP contribution is 2.26. The third kappa shape index (κ3) is 4.74. The fourth-order valence-corrected chi connectivity index (χ4v) is 5.41. The van der Waals surface area contributed by atoms with Gasteiger partial charge in [-0.05, 0) is 43.7 Å². The second-order valence-corrected chi connectivity index (χ2v) is 9.15. The molecule has 3 rings (SSSR count). The van der Waals surface area contributed by atoms with Crippen LogP contribution in [0, 0.1) is 0 Å². The van der Waals surface area contributed by atoms with Crippen LogP contribution in [0.5, 0.6) is 0 Å². The molecule has 5 nitrogen and oxygen atoms in total. The van der Waals surface area contributed by atoms with E-state index in [2.05, 4.69) is 21.4 Å². The van der Waals surface area contributed by atoms with Gasteiger partial charge < -0.3 is 4.90 Å². The molecule has 2 aliphatic rings. The molecule has 1 saturated heterocycles. The number of rotatable bonds is 5. The minimum atomic E-state index is -3.51. The van der Waals surface area contributed by atoms with Gasteiger partial charge in [-0.1, -0.05) is 31.4 Å². The molecular weight excluding hydrogens is 358 g/mol. The molecule has 1 aliphatic carbocycles. The Hall–Kier alpha value is -0.660. The van der Waals surface area contributed by atoms with Crippen molar-refractivity contribution in [3.05, 3.63) is 29.3 Å². The van der Waals surface area contributed by atoms with Crippen molar-refractivity contribution < 1.29 is 8.42 Å². The van der Waals surface area contributed by atoms with Gasteiger partial charge in [0.1, 0.15) is 0 Å². The zero-order valence-corrected chi connectivity index (χ0v) is 16.4. The highest BCUT2D eigenvalue weighted by Gasteiger charge is 2.34. The molecule has 7 heteroatoms. The Morgan fingerprint density at radius 1 is 1.08 bits per heavy atom. The fraction of sp³-hybridized carbons (Fsp3) is 0.667. The van der Waals surface area contributed by atoms with E-state index in [-0.39, 0.29) is 10.9 Å². The van der Waals surface area contributed by atoms with Gasteiger partial charge in [0.15, 0.2) is 0 Å². The van der Waals surface area contributed by atoms with Crippen molar-refractivity contribution in [2.75, 3.05) is 32.7 Å². The lowest BCUT2D eigenvalue weighted by Crippen LogP contribution is -2.58. The normalized spacial score (nSPS) is 26.6. The summed E-state index contributed by atoms with van der Waals surface area (Å²) in [6, 6.07) is 6.68. The first kappa shape index (κ1) is 19.1. The number of benzene rings is 1. The smallest absolute Gasteiger partial charge is 0.240 e. The summed E-state index contributed by atoms with van der Waals surface area (Å²) in [5.74, 6) is 0. The van der Waals surface area contributed by atoms with Crippen LogP contribution in [0.15, 0.2) is 29.2 Å². The zero-order valence-electron chi connectivity index (χ0n) is 14.8. The Labute approximate surface area is 156 Å². The molecule has 2 atom stereocenters. The first-order chi connectivity index (χ1) is 12.0. The second-order valence-electron chi connectivity index (χ2n) is 7.00. The molecule has 1 aromatic rings. The molecule has 1 aromatic carbocycles. The van der Waals surface area contributed by atoms with Gasteiger partial charge in [-0.2, -0.15) is 0 Å². The summed E-state index contributed by atoms with van der Waals surface area (Å²) in [6.45, 7) is 7.48. The van der Waals surface area contributed by atoms with Gasteiger partial charge >= 0.3 is 0 Å². The van der Waals surface area contributed by atoms with E-state index in [1.807, 2.05) is 0 Å². The van der Waals surface area contributed by atoms with Crippen molar-refractivity contribution in [1.29, 1.82) is 0 Å². The number of nitrogens with one attached hydrogen (secondary N) is 1. The van der Waals surface area contributed by atoms with Gasteiger partial charge in [0.25, 0.3) is 0 Å². The summed E-state index contributed by atoms with van der Waals surface area (Å²) < 4.78 is 28.5.